The van der Waals surface area contributed by atoms with Crippen LogP contribution in [0, 0.1) is 28.6 Å². The number of aliphatic hydroxyl groups is 2. The number of nitrogens with zero attached hydrogens (tertiary/aromatic N) is 1. The van der Waals surface area contributed by atoms with Crippen LogP contribution in [0.4, 0.5) is 10.1 Å². The number of aliphatic hydroxyl groups excluding tert-OH is 1. The standard InChI is InChI=1S/C22H29FO4.C8H10N2O3S.Na.H2O/c1-12-9-17-15-6-8-21(27,13(2)24)20(15,4)11-18(26)22(17,23)19(3)7-5-14(25)10-16(12)19;1-6(11)10-14(12,13)8-4-2-7(9)3-5-8;;/h5,7,10,12,15,17-18,26-27H,6,8-9,11H2,1-4H3;2-5H,9H2,1H3,(H,10,11);;1H2/q;;+1;/p-1/t12-,15-,17-,18-,19-,20-,21-,22-;;;/m0.../s1. The molecule has 0 unspecified atom stereocenters. The fourth-order valence-corrected chi connectivity index (χ4v) is 8.97. The van der Waals surface area contributed by atoms with Crippen molar-refractivity contribution in [3.8, 4) is 0 Å². The van der Waals surface area contributed by atoms with Crippen LogP contribution in [-0.4, -0.2) is 59.0 Å². The molecule has 0 heterocycles. The Morgan fingerprint density at radius 1 is 1.12 bits per heavy atom. The summed E-state index contributed by atoms with van der Waals surface area (Å²) in [5.74, 6) is -1.86. The number of nitrogens with two attached hydrogens (primary N) is 1. The first kappa shape index (κ1) is 37.3. The SMILES string of the molecule is CC(=O)[C@@]1(O)CC[C@H]2[C@@H]3C[C@H](C)C4=CC(=O)C=C[C@]4(C)[C@@]3(F)[C@@H](O)C[C@@]21C.CC(=O)[N-]S(=O)(=O)c1ccc(N)cc1.O.[Na+]. The number of rotatable bonds is 3. The second kappa shape index (κ2) is 12.5. The molecular weight excluding hydrogens is 590 g/mol. The molecule has 6 N–H and O–H groups in total. The normalized spacial score (nSPS) is 37.5. The third kappa shape index (κ3) is 5.80. The fraction of sp³-hybridized carbons (Fsp3) is 0.567. The number of carbonyl (C=O) groups is 3. The van der Waals surface area contributed by atoms with Gasteiger partial charge in [-0.2, -0.15) is 0 Å². The molecule has 0 bridgehead atoms. The Morgan fingerprint density at radius 3 is 2.23 bits per heavy atom. The summed E-state index contributed by atoms with van der Waals surface area (Å²) in [6.45, 7) is 8.09. The van der Waals surface area contributed by atoms with Crippen LogP contribution in [0.3, 0.4) is 0 Å². The zero-order valence-electron chi connectivity index (χ0n) is 25.4. The van der Waals surface area contributed by atoms with Crippen molar-refractivity contribution < 1.29 is 72.4 Å². The van der Waals surface area contributed by atoms with Crippen LogP contribution in [0.5, 0.6) is 0 Å². The quantitative estimate of drug-likeness (QED) is 0.306. The van der Waals surface area contributed by atoms with Gasteiger partial charge in [-0.25, -0.2) is 12.8 Å². The van der Waals surface area contributed by atoms with Crippen molar-refractivity contribution in [2.24, 2.45) is 28.6 Å². The number of nitrogen functional groups attached to an aromatic ring is 1. The van der Waals surface area contributed by atoms with Crippen LogP contribution >= 0.6 is 0 Å². The molecule has 3 fully saturated rings. The maximum atomic E-state index is 16.9. The maximum Gasteiger partial charge on any atom is 1.00 e. The summed E-state index contributed by atoms with van der Waals surface area (Å²) in [4.78, 5) is 34.7. The Kier molecular flexibility index (Phi) is 10.8. The average molecular weight is 631 g/mol. The van der Waals surface area contributed by atoms with Crippen LogP contribution in [0.15, 0.2) is 53.0 Å². The van der Waals surface area contributed by atoms with Crippen LogP contribution in [0.1, 0.15) is 60.3 Å². The number of ketones is 2. The number of fused-ring (bicyclic) bond motifs is 5. The van der Waals surface area contributed by atoms with E-state index in [9.17, 15) is 33.0 Å². The minimum Gasteiger partial charge on any atom is -0.542 e. The summed E-state index contributed by atoms with van der Waals surface area (Å²) >= 11 is 0. The molecule has 4 aliphatic carbocycles. The van der Waals surface area contributed by atoms with E-state index in [2.05, 4.69) is 4.72 Å². The molecule has 0 radical (unpaired) electrons. The van der Waals surface area contributed by atoms with Gasteiger partial charge in [0.05, 0.1) is 16.9 Å². The van der Waals surface area contributed by atoms with Gasteiger partial charge in [0.15, 0.2) is 17.2 Å². The van der Waals surface area contributed by atoms with Crippen molar-refractivity contribution in [1.82, 2.24) is 0 Å². The fourth-order valence-electron chi connectivity index (χ4n) is 8.04. The first-order chi connectivity index (χ1) is 18.8. The number of Topliss-reactive ketones (excluding diaryl/α,β-unsaturated/α-hetero) is 1. The summed E-state index contributed by atoms with van der Waals surface area (Å²) in [7, 11) is -3.86. The number of halogens is 1. The molecule has 8 atom stereocenters. The summed E-state index contributed by atoms with van der Waals surface area (Å²) in [5, 5.41) is 22.3. The third-order valence-electron chi connectivity index (χ3n) is 10.1. The predicted molar refractivity (Wildman–Crippen MR) is 154 cm³/mol. The summed E-state index contributed by atoms with van der Waals surface area (Å²) in [6, 6.07) is 5.47. The van der Waals surface area contributed by atoms with Gasteiger partial charge in [-0.15, -0.1) is 0 Å². The number of sulfonamides is 1. The molecule has 5 rings (SSSR count). The molecule has 1 aromatic rings. The van der Waals surface area contributed by atoms with E-state index in [1.165, 1.54) is 43.3 Å². The number of anilines is 1. The van der Waals surface area contributed by atoms with Crippen molar-refractivity contribution >= 4 is 33.2 Å². The molecule has 43 heavy (non-hydrogen) atoms. The van der Waals surface area contributed by atoms with E-state index in [0.717, 1.165) is 12.5 Å². The van der Waals surface area contributed by atoms with Gasteiger partial charge >= 0.3 is 29.6 Å². The Hall–Kier alpha value is -1.93. The van der Waals surface area contributed by atoms with Crippen LogP contribution in [0.2, 0.25) is 0 Å². The van der Waals surface area contributed by atoms with E-state index in [0.29, 0.717) is 24.9 Å². The maximum absolute atomic E-state index is 16.9. The minimum atomic E-state index is -3.86. The molecule has 0 saturated heterocycles. The molecule has 1 aromatic carbocycles. The van der Waals surface area contributed by atoms with E-state index in [1.807, 2.05) is 13.8 Å². The minimum absolute atomic E-state index is 0. The molecule has 1 amide bonds. The van der Waals surface area contributed by atoms with E-state index in [4.69, 9.17) is 5.73 Å². The number of carbonyl (C=O) groups excluding carboxylic acids is 3. The molecule has 10 nitrogen and oxygen atoms in total. The van der Waals surface area contributed by atoms with Crippen LogP contribution in [0.25, 0.3) is 4.72 Å². The molecular formula is C30H40FN2NaO8S. The summed E-state index contributed by atoms with van der Waals surface area (Å²) in [5.41, 5.74) is 1.24. The summed E-state index contributed by atoms with van der Waals surface area (Å²) < 4.78 is 42.5. The largest absolute Gasteiger partial charge is 1.00 e. The van der Waals surface area contributed by atoms with E-state index >= 15 is 4.39 Å². The molecule has 4 aliphatic rings. The smallest absolute Gasteiger partial charge is 0.542 e. The van der Waals surface area contributed by atoms with Gasteiger partial charge in [0, 0.05) is 22.4 Å². The van der Waals surface area contributed by atoms with Crippen molar-refractivity contribution in [1.29, 1.82) is 0 Å². The Balaban J connectivity index is 0.000000346. The zero-order valence-corrected chi connectivity index (χ0v) is 28.2. The molecule has 13 heteroatoms. The number of hydrogen-bond donors (Lipinski definition) is 3. The number of allylic oxidation sites excluding steroid dienone is 4. The summed E-state index contributed by atoms with van der Waals surface area (Å²) in [6.07, 6.45) is 4.68. The molecule has 0 aromatic heterocycles. The Bertz CT molecular complexity index is 1450. The van der Waals surface area contributed by atoms with E-state index < -0.39 is 50.1 Å². The van der Waals surface area contributed by atoms with Gasteiger partial charge in [0.1, 0.15) is 15.6 Å². The zero-order chi connectivity index (χ0) is 30.8. The monoisotopic (exact) mass is 630 g/mol. The van der Waals surface area contributed by atoms with Crippen molar-refractivity contribution in [3.63, 3.8) is 0 Å². The third-order valence-corrected chi connectivity index (χ3v) is 11.5. The van der Waals surface area contributed by atoms with Crippen molar-refractivity contribution in [3.05, 3.63) is 52.8 Å². The van der Waals surface area contributed by atoms with Gasteiger partial charge in [0.25, 0.3) is 0 Å². The van der Waals surface area contributed by atoms with E-state index in [1.54, 1.807) is 13.0 Å². The molecule has 3 saturated carbocycles. The first-order valence-corrected chi connectivity index (χ1v) is 15.2. The molecule has 232 valence electrons. The first-order valence-electron chi connectivity index (χ1n) is 13.7. The number of amides is 1. The van der Waals surface area contributed by atoms with Gasteiger partial charge in [-0.05, 0) is 94.7 Å². The van der Waals surface area contributed by atoms with Crippen molar-refractivity contribution in [2.75, 3.05) is 5.73 Å². The van der Waals surface area contributed by atoms with Gasteiger partial charge in [-0.3, -0.25) is 9.59 Å². The van der Waals surface area contributed by atoms with Crippen LogP contribution in [-0.2, 0) is 24.4 Å². The Labute approximate surface area is 274 Å². The molecule has 0 spiro atoms. The van der Waals surface area contributed by atoms with Gasteiger partial charge < -0.3 is 30.9 Å². The number of benzene rings is 1. The topological polar surface area (TPSA) is 197 Å². The van der Waals surface area contributed by atoms with Crippen LogP contribution < -0.4 is 35.3 Å². The predicted octanol–water partition coefficient (Wildman–Crippen LogP) is -0.0197. The Morgan fingerprint density at radius 2 is 1.70 bits per heavy atom. The van der Waals surface area contributed by atoms with E-state index in [-0.39, 0.29) is 69.8 Å². The van der Waals surface area contributed by atoms with Gasteiger partial charge in [0.2, 0.25) is 0 Å². The number of hydrogen-bond acceptors (Lipinski definition) is 8. The number of alkyl halides is 1. The van der Waals surface area contributed by atoms with Crippen molar-refractivity contribution in [2.45, 2.75) is 82.6 Å². The average Bonchev–Trinajstić information content (AvgIpc) is 3.13. The second-order valence-electron chi connectivity index (χ2n) is 12.4. The van der Waals surface area contributed by atoms with Gasteiger partial charge in [-0.1, -0.05) is 25.5 Å². The molecule has 0 aliphatic heterocycles. The second-order valence-corrected chi connectivity index (χ2v) is 14.0.